The molecule has 1 aromatic heterocycles. The fourth-order valence-electron chi connectivity index (χ4n) is 1.73. The van der Waals surface area contributed by atoms with E-state index in [4.69, 9.17) is 0 Å². The van der Waals surface area contributed by atoms with E-state index in [1.165, 1.54) is 0 Å². The number of hydrogen-bond acceptors (Lipinski definition) is 3. The predicted molar refractivity (Wildman–Crippen MR) is 65.7 cm³/mol. The number of hydrogen-bond donors (Lipinski definition) is 2. The van der Waals surface area contributed by atoms with Crippen LogP contribution in [0.1, 0.15) is 12.5 Å². The zero-order chi connectivity index (χ0) is 11.5. The number of rotatable bonds is 2. The maximum absolute atomic E-state index is 4.22. The van der Waals surface area contributed by atoms with Crippen molar-refractivity contribution in [3.63, 3.8) is 0 Å². The minimum absolute atomic E-state index is 0.771. The molecule has 4 heteroatoms. The van der Waals surface area contributed by atoms with Crippen LogP contribution < -0.4 is 10.6 Å². The summed E-state index contributed by atoms with van der Waals surface area (Å²) in [5, 5.41) is 10.9. The highest BCUT2D eigenvalue weighted by Crippen LogP contribution is 2.21. The molecule has 0 spiro atoms. The Morgan fingerprint density at radius 2 is 2.31 bits per heavy atom. The molecule has 0 saturated heterocycles. The van der Waals surface area contributed by atoms with Crippen molar-refractivity contribution in [2.45, 2.75) is 13.5 Å². The van der Waals surface area contributed by atoms with Crippen molar-refractivity contribution in [2.24, 2.45) is 7.05 Å². The summed E-state index contributed by atoms with van der Waals surface area (Å²) >= 11 is 0. The summed E-state index contributed by atoms with van der Waals surface area (Å²) < 4.78 is 1.83. The Hall–Kier alpha value is -1.97. The molecule has 1 aliphatic heterocycles. The number of aryl methyl sites for hydroxylation is 1. The van der Waals surface area contributed by atoms with Crippen molar-refractivity contribution in [2.75, 3.05) is 5.32 Å². The molecule has 0 saturated carbocycles. The molecule has 0 unspecified atom stereocenters. The van der Waals surface area contributed by atoms with Gasteiger partial charge in [0, 0.05) is 19.2 Å². The highest BCUT2D eigenvalue weighted by Gasteiger charge is 2.14. The first-order valence-corrected chi connectivity index (χ1v) is 5.27. The number of aromatic nitrogens is 2. The summed E-state index contributed by atoms with van der Waals surface area (Å²) in [5.74, 6) is 1.02. The minimum Gasteiger partial charge on any atom is -0.379 e. The van der Waals surface area contributed by atoms with Gasteiger partial charge in [0.2, 0.25) is 0 Å². The Labute approximate surface area is 95.3 Å². The van der Waals surface area contributed by atoms with E-state index in [9.17, 15) is 0 Å². The largest absolute Gasteiger partial charge is 0.379 e. The molecule has 16 heavy (non-hydrogen) atoms. The van der Waals surface area contributed by atoms with Gasteiger partial charge in [-0.15, -0.1) is 0 Å². The molecule has 0 atom stereocenters. The molecule has 0 radical (unpaired) electrons. The number of fused-ring (bicyclic) bond motifs is 1. The van der Waals surface area contributed by atoms with E-state index in [0.29, 0.717) is 0 Å². The molecule has 1 aliphatic rings. The van der Waals surface area contributed by atoms with Crippen LogP contribution in [-0.2, 0) is 13.6 Å². The Kier molecular flexibility index (Phi) is 2.81. The molecule has 0 bridgehead atoms. The van der Waals surface area contributed by atoms with Crippen molar-refractivity contribution in [3.05, 3.63) is 48.0 Å². The van der Waals surface area contributed by atoms with Crippen molar-refractivity contribution in [1.29, 1.82) is 0 Å². The molecular weight excluding hydrogens is 200 g/mol. The highest BCUT2D eigenvalue weighted by molar-refractivity contribution is 5.55. The minimum atomic E-state index is 0.771. The van der Waals surface area contributed by atoms with Gasteiger partial charge in [0.1, 0.15) is 5.82 Å². The molecule has 2 N–H and O–H groups in total. The molecule has 2 rings (SSSR count). The van der Waals surface area contributed by atoms with Crippen LogP contribution in [0, 0.1) is 0 Å². The lowest BCUT2D eigenvalue weighted by Gasteiger charge is -2.09. The number of anilines is 1. The smallest absolute Gasteiger partial charge is 0.133 e. The van der Waals surface area contributed by atoms with Gasteiger partial charge in [-0.1, -0.05) is 12.7 Å². The van der Waals surface area contributed by atoms with Gasteiger partial charge < -0.3 is 10.6 Å². The number of allylic oxidation sites excluding steroid dienone is 3. The van der Waals surface area contributed by atoms with E-state index in [1.807, 2.05) is 43.1 Å². The highest BCUT2D eigenvalue weighted by atomic mass is 15.3. The molecule has 0 fully saturated rings. The maximum atomic E-state index is 4.22. The molecule has 0 amide bonds. The van der Waals surface area contributed by atoms with E-state index in [2.05, 4.69) is 22.3 Å². The van der Waals surface area contributed by atoms with Crippen LogP contribution in [0.25, 0.3) is 0 Å². The molecule has 2 heterocycles. The Morgan fingerprint density at radius 3 is 3.00 bits per heavy atom. The van der Waals surface area contributed by atoms with Crippen LogP contribution in [0.4, 0.5) is 5.82 Å². The van der Waals surface area contributed by atoms with Gasteiger partial charge >= 0.3 is 0 Å². The second-order valence-electron chi connectivity index (χ2n) is 3.65. The van der Waals surface area contributed by atoms with Crippen LogP contribution in [0.2, 0.25) is 0 Å². The summed E-state index contributed by atoms with van der Waals surface area (Å²) in [6, 6.07) is 0. The van der Waals surface area contributed by atoms with Crippen LogP contribution in [0.15, 0.2) is 42.4 Å². The van der Waals surface area contributed by atoms with E-state index in [1.54, 1.807) is 0 Å². The molecule has 1 aromatic rings. The molecular formula is C12H16N4. The maximum Gasteiger partial charge on any atom is 0.133 e. The van der Waals surface area contributed by atoms with Gasteiger partial charge in [0.15, 0.2) is 0 Å². The van der Waals surface area contributed by atoms with Crippen LogP contribution in [0.5, 0.6) is 0 Å². The van der Waals surface area contributed by atoms with Gasteiger partial charge in [-0.2, -0.15) is 5.10 Å². The van der Waals surface area contributed by atoms with Gasteiger partial charge in [-0.25, -0.2) is 0 Å². The number of nitrogens with one attached hydrogen (secondary N) is 2. The summed E-state index contributed by atoms with van der Waals surface area (Å²) in [7, 11) is 1.92. The Balaban J connectivity index is 2.42. The van der Waals surface area contributed by atoms with Crippen molar-refractivity contribution < 1.29 is 0 Å². The first-order valence-electron chi connectivity index (χ1n) is 5.27. The fraction of sp³-hybridized carbons (Fsp3) is 0.250. The first kappa shape index (κ1) is 10.5. The predicted octanol–water partition coefficient (Wildman–Crippen LogP) is 1.91. The van der Waals surface area contributed by atoms with E-state index < -0.39 is 0 Å². The van der Waals surface area contributed by atoms with E-state index in [0.717, 1.165) is 29.3 Å². The van der Waals surface area contributed by atoms with E-state index >= 15 is 0 Å². The summed E-state index contributed by atoms with van der Waals surface area (Å²) in [6.45, 7) is 6.59. The van der Waals surface area contributed by atoms with Crippen LogP contribution >= 0.6 is 0 Å². The normalized spacial score (nSPS) is 15.4. The molecule has 0 aliphatic carbocycles. The Bertz CT molecular complexity index is 465. The monoisotopic (exact) mass is 216 g/mol. The fourth-order valence-corrected chi connectivity index (χ4v) is 1.73. The SMILES string of the molecule is C=CC1=C(/C=C\C)NCc2cnn(C)c2N1. The standard InChI is InChI=1S/C12H16N4/c1-4-6-11-10(5-2)15-12-9(7-13-11)8-14-16(12)3/h4-6,8,13,15H,2,7H2,1,3H3/b6-4-. The first-order chi connectivity index (χ1) is 7.76. The third-order valence-corrected chi connectivity index (χ3v) is 2.56. The second kappa shape index (κ2) is 4.26. The second-order valence-corrected chi connectivity index (χ2v) is 3.65. The van der Waals surface area contributed by atoms with Crippen LogP contribution in [-0.4, -0.2) is 9.78 Å². The van der Waals surface area contributed by atoms with Crippen LogP contribution in [0.3, 0.4) is 0 Å². The number of nitrogens with zero attached hydrogens (tertiary/aromatic N) is 2. The van der Waals surface area contributed by atoms with E-state index in [-0.39, 0.29) is 0 Å². The molecule has 84 valence electrons. The zero-order valence-electron chi connectivity index (χ0n) is 9.62. The quantitative estimate of drug-likeness (QED) is 0.793. The topological polar surface area (TPSA) is 41.9 Å². The summed E-state index contributed by atoms with van der Waals surface area (Å²) in [4.78, 5) is 0. The van der Waals surface area contributed by atoms with Crippen molar-refractivity contribution in [1.82, 2.24) is 15.1 Å². The summed E-state index contributed by atoms with van der Waals surface area (Å²) in [6.07, 6.45) is 7.71. The van der Waals surface area contributed by atoms with Crippen molar-refractivity contribution >= 4 is 5.82 Å². The summed E-state index contributed by atoms with van der Waals surface area (Å²) in [5.41, 5.74) is 3.18. The molecule has 0 aromatic carbocycles. The Morgan fingerprint density at radius 1 is 1.50 bits per heavy atom. The van der Waals surface area contributed by atoms with Gasteiger partial charge in [-0.3, -0.25) is 4.68 Å². The average Bonchev–Trinajstić information content (AvgIpc) is 2.53. The lowest BCUT2D eigenvalue weighted by atomic mass is 10.3. The van der Waals surface area contributed by atoms with Gasteiger partial charge in [-0.05, 0) is 19.1 Å². The zero-order valence-corrected chi connectivity index (χ0v) is 9.62. The third-order valence-electron chi connectivity index (χ3n) is 2.56. The third kappa shape index (κ3) is 1.74. The van der Waals surface area contributed by atoms with Gasteiger partial charge in [0.25, 0.3) is 0 Å². The lowest BCUT2D eigenvalue weighted by molar-refractivity contribution is 0.775. The van der Waals surface area contributed by atoms with Gasteiger partial charge in [0.05, 0.1) is 17.6 Å². The average molecular weight is 216 g/mol. The van der Waals surface area contributed by atoms with Crippen molar-refractivity contribution in [3.8, 4) is 0 Å². The molecule has 4 nitrogen and oxygen atoms in total. The lowest BCUT2D eigenvalue weighted by Crippen LogP contribution is -2.12.